The van der Waals surface area contributed by atoms with Gasteiger partial charge in [0.2, 0.25) is 0 Å². The van der Waals surface area contributed by atoms with E-state index in [-0.39, 0.29) is 18.6 Å². The van der Waals surface area contributed by atoms with Gasteiger partial charge in [-0.15, -0.1) is 0 Å². The summed E-state index contributed by atoms with van der Waals surface area (Å²) < 4.78 is 0. The molecular formula is C10H22O2. The fraction of sp³-hybridized carbons (Fsp3) is 1.00. The first kappa shape index (κ1) is 11.9. The molecule has 0 heterocycles. The Bertz CT molecular complexity index is 93.8. The lowest BCUT2D eigenvalue weighted by atomic mass is 9.94. The van der Waals surface area contributed by atoms with Gasteiger partial charge in [-0.1, -0.05) is 33.1 Å². The molecule has 0 amide bonds. The molecule has 0 radical (unpaired) electrons. The van der Waals surface area contributed by atoms with Gasteiger partial charge >= 0.3 is 0 Å². The van der Waals surface area contributed by atoms with Crippen molar-refractivity contribution in [1.29, 1.82) is 0 Å². The highest BCUT2D eigenvalue weighted by molar-refractivity contribution is 4.67. The first-order valence-corrected chi connectivity index (χ1v) is 5.05. The Morgan fingerprint density at radius 3 is 2.17 bits per heavy atom. The van der Waals surface area contributed by atoms with Gasteiger partial charge in [-0.25, -0.2) is 0 Å². The van der Waals surface area contributed by atoms with E-state index in [4.69, 9.17) is 5.11 Å². The molecule has 0 spiro atoms. The lowest BCUT2D eigenvalue weighted by Crippen LogP contribution is -2.23. The fourth-order valence-corrected chi connectivity index (χ4v) is 1.43. The zero-order chi connectivity index (χ0) is 9.40. The van der Waals surface area contributed by atoms with E-state index in [1.54, 1.807) is 0 Å². The maximum absolute atomic E-state index is 9.61. The summed E-state index contributed by atoms with van der Waals surface area (Å²) in [5.74, 6) is 0.0987. The van der Waals surface area contributed by atoms with E-state index in [1.807, 2.05) is 0 Å². The van der Waals surface area contributed by atoms with Crippen molar-refractivity contribution in [3.63, 3.8) is 0 Å². The second-order valence-corrected chi connectivity index (χ2v) is 3.44. The second kappa shape index (κ2) is 7.56. The third-order valence-electron chi connectivity index (χ3n) is 2.29. The molecule has 0 unspecified atom stereocenters. The average molecular weight is 174 g/mol. The molecular weight excluding hydrogens is 152 g/mol. The molecule has 0 aromatic carbocycles. The first-order valence-electron chi connectivity index (χ1n) is 5.05. The predicted octanol–water partition coefficient (Wildman–Crippen LogP) is 1.95. The van der Waals surface area contributed by atoms with Crippen LogP contribution in [0.15, 0.2) is 0 Å². The van der Waals surface area contributed by atoms with Gasteiger partial charge in [-0.05, 0) is 12.8 Å². The molecule has 0 fully saturated rings. The molecule has 2 atom stereocenters. The monoisotopic (exact) mass is 174 g/mol. The van der Waals surface area contributed by atoms with Gasteiger partial charge in [-0.3, -0.25) is 0 Å². The Morgan fingerprint density at radius 1 is 1.08 bits per heavy atom. The average Bonchev–Trinajstić information content (AvgIpc) is 2.10. The van der Waals surface area contributed by atoms with Crippen molar-refractivity contribution in [3.8, 4) is 0 Å². The summed E-state index contributed by atoms with van der Waals surface area (Å²) in [5, 5.41) is 18.6. The summed E-state index contributed by atoms with van der Waals surface area (Å²) in [4.78, 5) is 0. The molecule has 0 aliphatic rings. The molecule has 0 aliphatic carbocycles. The van der Waals surface area contributed by atoms with E-state index in [2.05, 4.69) is 13.8 Å². The number of hydrogen-bond donors (Lipinski definition) is 2. The molecule has 0 aromatic heterocycles. The van der Waals surface area contributed by atoms with Crippen LogP contribution in [-0.2, 0) is 0 Å². The minimum Gasteiger partial charge on any atom is -0.396 e. The van der Waals surface area contributed by atoms with Gasteiger partial charge in [0.25, 0.3) is 0 Å². The van der Waals surface area contributed by atoms with E-state index < -0.39 is 0 Å². The van der Waals surface area contributed by atoms with E-state index in [9.17, 15) is 5.11 Å². The molecule has 2 nitrogen and oxygen atoms in total. The smallest absolute Gasteiger partial charge is 0.0590 e. The number of aliphatic hydroxyl groups is 2. The fourth-order valence-electron chi connectivity index (χ4n) is 1.43. The molecule has 0 rings (SSSR count). The highest BCUT2D eigenvalue weighted by Crippen LogP contribution is 2.15. The van der Waals surface area contributed by atoms with E-state index in [0.717, 1.165) is 32.1 Å². The van der Waals surface area contributed by atoms with Crippen LogP contribution in [0.5, 0.6) is 0 Å². The minimum atomic E-state index is -0.296. The van der Waals surface area contributed by atoms with E-state index in [1.165, 1.54) is 0 Å². The summed E-state index contributed by atoms with van der Waals surface area (Å²) in [5.41, 5.74) is 0. The molecule has 0 aliphatic heterocycles. The number of unbranched alkanes of at least 4 members (excludes halogenated alkanes) is 1. The largest absolute Gasteiger partial charge is 0.396 e. The molecule has 0 saturated carbocycles. The van der Waals surface area contributed by atoms with Crippen molar-refractivity contribution in [2.45, 2.75) is 52.1 Å². The minimum absolute atomic E-state index is 0.0987. The molecule has 0 bridgehead atoms. The highest BCUT2D eigenvalue weighted by atomic mass is 16.3. The highest BCUT2D eigenvalue weighted by Gasteiger charge is 2.16. The van der Waals surface area contributed by atoms with Crippen LogP contribution in [0.3, 0.4) is 0 Å². The Kier molecular flexibility index (Phi) is 7.51. The van der Waals surface area contributed by atoms with Gasteiger partial charge in [0, 0.05) is 12.5 Å². The summed E-state index contributed by atoms with van der Waals surface area (Å²) in [6.07, 6.45) is 4.68. The Hall–Kier alpha value is -0.0800. The van der Waals surface area contributed by atoms with E-state index >= 15 is 0 Å². The topological polar surface area (TPSA) is 40.5 Å². The van der Waals surface area contributed by atoms with Crippen molar-refractivity contribution in [2.24, 2.45) is 5.92 Å². The summed E-state index contributed by atoms with van der Waals surface area (Å²) in [7, 11) is 0. The summed E-state index contributed by atoms with van der Waals surface area (Å²) in [6, 6.07) is 0. The van der Waals surface area contributed by atoms with Crippen LogP contribution in [0.25, 0.3) is 0 Å². The lowest BCUT2D eigenvalue weighted by Gasteiger charge is -2.19. The van der Waals surface area contributed by atoms with Crippen molar-refractivity contribution >= 4 is 0 Å². The van der Waals surface area contributed by atoms with Gasteiger partial charge < -0.3 is 10.2 Å². The van der Waals surface area contributed by atoms with Crippen LogP contribution < -0.4 is 0 Å². The third-order valence-corrected chi connectivity index (χ3v) is 2.29. The predicted molar refractivity (Wildman–Crippen MR) is 51.0 cm³/mol. The van der Waals surface area contributed by atoms with Crippen LogP contribution in [-0.4, -0.2) is 22.9 Å². The van der Waals surface area contributed by atoms with Crippen molar-refractivity contribution in [1.82, 2.24) is 0 Å². The van der Waals surface area contributed by atoms with Crippen molar-refractivity contribution in [2.75, 3.05) is 6.61 Å². The molecule has 2 heteroatoms. The SMILES string of the molecule is CCCC[C@H](O)[C@@H](CO)CCC. The van der Waals surface area contributed by atoms with Gasteiger partial charge in [0.1, 0.15) is 0 Å². The molecule has 74 valence electrons. The van der Waals surface area contributed by atoms with E-state index in [0.29, 0.717) is 0 Å². The molecule has 0 saturated heterocycles. The van der Waals surface area contributed by atoms with Crippen LogP contribution in [0.4, 0.5) is 0 Å². The Balaban J connectivity index is 3.60. The number of aliphatic hydroxyl groups excluding tert-OH is 2. The zero-order valence-corrected chi connectivity index (χ0v) is 8.29. The summed E-state index contributed by atoms with van der Waals surface area (Å²) in [6.45, 7) is 4.31. The van der Waals surface area contributed by atoms with Crippen LogP contribution >= 0.6 is 0 Å². The summed E-state index contributed by atoms with van der Waals surface area (Å²) >= 11 is 0. The molecule has 2 N–H and O–H groups in total. The standard InChI is InChI=1S/C10H22O2/c1-3-5-7-10(12)9(8-11)6-4-2/h9-12H,3-8H2,1-2H3/t9-,10+/m1/s1. The Labute approximate surface area is 75.6 Å². The van der Waals surface area contributed by atoms with Gasteiger partial charge in [0.05, 0.1) is 6.10 Å². The van der Waals surface area contributed by atoms with Crippen LogP contribution in [0, 0.1) is 5.92 Å². The van der Waals surface area contributed by atoms with Gasteiger partial charge in [-0.2, -0.15) is 0 Å². The van der Waals surface area contributed by atoms with Crippen LogP contribution in [0.1, 0.15) is 46.0 Å². The van der Waals surface area contributed by atoms with Crippen LogP contribution in [0.2, 0.25) is 0 Å². The maximum atomic E-state index is 9.61. The number of hydrogen-bond acceptors (Lipinski definition) is 2. The molecule has 12 heavy (non-hydrogen) atoms. The van der Waals surface area contributed by atoms with Gasteiger partial charge in [0.15, 0.2) is 0 Å². The first-order chi connectivity index (χ1) is 5.76. The number of rotatable bonds is 7. The third kappa shape index (κ3) is 4.73. The lowest BCUT2D eigenvalue weighted by molar-refractivity contribution is 0.0543. The molecule has 0 aromatic rings. The Morgan fingerprint density at radius 2 is 1.75 bits per heavy atom. The quantitative estimate of drug-likeness (QED) is 0.619. The zero-order valence-electron chi connectivity index (χ0n) is 8.29. The maximum Gasteiger partial charge on any atom is 0.0590 e. The second-order valence-electron chi connectivity index (χ2n) is 3.44. The van der Waals surface area contributed by atoms with Crippen molar-refractivity contribution in [3.05, 3.63) is 0 Å². The normalized spacial score (nSPS) is 16.0. The van der Waals surface area contributed by atoms with Crippen molar-refractivity contribution < 1.29 is 10.2 Å².